The monoisotopic (exact) mass is 320 g/mol. The van der Waals surface area contributed by atoms with Crippen LogP contribution in [-0.4, -0.2) is 39.8 Å². The maximum Gasteiger partial charge on any atom is 0.325 e. The molecule has 0 saturated carbocycles. The first-order chi connectivity index (χ1) is 10.8. The van der Waals surface area contributed by atoms with Crippen LogP contribution in [0, 0.1) is 0 Å². The molecule has 1 atom stereocenters. The maximum absolute atomic E-state index is 12.3. The van der Waals surface area contributed by atoms with Crippen molar-refractivity contribution in [2.45, 2.75) is 13.0 Å². The number of aryl methyl sites for hydroxylation is 1. The fourth-order valence-electron chi connectivity index (χ4n) is 2.17. The molecule has 8 nitrogen and oxygen atoms in total. The number of carbonyl (C=O) groups is 2. The summed E-state index contributed by atoms with van der Waals surface area (Å²) in [7, 11) is 2.90. The van der Waals surface area contributed by atoms with E-state index < -0.39 is 34.8 Å². The Morgan fingerprint density at radius 3 is 2.57 bits per heavy atom. The average Bonchev–Trinajstić information content (AvgIpc) is 2.52. The second kappa shape index (κ2) is 5.99. The molecule has 0 fully saturated rings. The second-order valence-electron chi connectivity index (χ2n) is 5.00. The lowest BCUT2D eigenvalue weighted by atomic mass is 10.1. The number of aliphatic carboxylic acids is 1. The fourth-order valence-corrected chi connectivity index (χ4v) is 2.17. The normalized spacial score (nSPS) is 12.0. The van der Waals surface area contributed by atoms with Crippen molar-refractivity contribution in [3.8, 4) is 11.5 Å². The summed E-state index contributed by atoms with van der Waals surface area (Å²) in [5, 5.41) is 21.6. The summed E-state index contributed by atoms with van der Waals surface area (Å²) in [5.41, 5.74) is -0.826. The molecule has 1 amide bonds. The molecule has 0 aliphatic carbocycles. The first-order valence-corrected chi connectivity index (χ1v) is 6.71. The van der Waals surface area contributed by atoms with Gasteiger partial charge in [-0.15, -0.1) is 0 Å². The highest BCUT2D eigenvalue weighted by Gasteiger charge is 2.24. The topological polar surface area (TPSA) is 118 Å². The van der Waals surface area contributed by atoms with Gasteiger partial charge in [0.15, 0.2) is 0 Å². The molecule has 0 unspecified atom stereocenters. The van der Waals surface area contributed by atoms with E-state index in [2.05, 4.69) is 5.32 Å². The van der Waals surface area contributed by atoms with Crippen molar-refractivity contribution in [2.75, 3.05) is 7.11 Å². The number of carboxylic acids is 1. The fraction of sp³-hybridized carbons (Fsp3) is 0.267. The van der Waals surface area contributed by atoms with Crippen LogP contribution in [0.3, 0.4) is 0 Å². The molecule has 0 aliphatic rings. The van der Waals surface area contributed by atoms with Gasteiger partial charge in [0.2, 0.25) is 0 Å². The number of hydrogen-bond acceptors (Lipinski definition) is 5. The number of nitrogens with zero attached hydrogens (tertiary/aromatic N) is 1. The number of fused-ring (bicyclic) bond motifs is 1. The molecule has 0 saturated heterocycles. The summed E-state index contributed by atoms with van der Waals surface area (Å²) in [5.74, 6) is -2.28. The van der Waals surface area contributed by atoms with Gasteiger partial charge in [0.25, 0.3) is 11.5 Å². The Kier molecular flexibility index (Phi) is 4.26. The molecule has 0 bridgehead atoms. The number of methoxy groups -OCH3 is 1. The van der Waals surface area contributed by atoms with Gasteiger partial charge in [0.05, 0.1) is 12.6 Å². The van der Waals surface area contributed by atoms with Gasteiger partial charge in [-0.05, 0) is 25.1 Å². The molecule has 1 aromatic heterocycles. The van der Waals surface area contributed by atoms with Gasteiger partial charge in [-0.1, -0.05) is 0 Å². The number of pyridine rings is 1. The number of carbonyl (C=O) groups excluding carboxylic acids is 1. The largest absolute Gasteiger partial charge is 0.506 e. The number of ether oxygens (including phenoxy) is 1. The Hall–Kier alpha value is -3.03. The van der Waals surface area contributed by atoms with Gasteiger partial charge in [-0.25, -0.2) is 0 Å². The number of aromatic nitrogens is 1. The van der Waals surface area contributed by atoms with Crippen LogP contribution in [0.5, 0.6) is 11.5 Å². The Labute approximate surface area is 130 Å². The van der Waals surface area contributed by atoms with E-state index in [0.717, 1.165) is 0 Å². The van der Waals surface area contributed by atoms with Crippen LogP contribution in [0.1, 0.15) is 17.3 Å². The Bertz CT molecular complexity index is 855. The standard InChI is InChI=1S/C15H16N2O6/c1-7(15(21)22)16-13(19)11-12(18)9-6-8(23-3)4-5-10(9)17(2)14(11)20/h4-7,18H,1-3H3,(H,16,19)(H,21,22)/t7-/m0/s1. The van der Waals surface area contributed by atoms with E-state index >= 15 is 0 Å². The molecule has 3 N–H and O–H groups in total. The lowest BCUT2D eigenvalue weighted by Crippen LogP contribution is -2.41. The summed E-state index contributed by atoms with van der Waals surface area (Å²) < 4.78 is 6.27. The molecule has 1 heterocycles. The second-order valence-corrected chi connectivity index (χ2v) is 5.00. The van der Waals surface area contributed by atoms with Crippen LogP contribution in [0.15, 0.2) is 23.0 Å². The van der Waals surface area contributed by atoms with E-state index in [1.54, 1.807) is 12.1 Å². The molecule has 8 heteroatoms. The lowest BCUT2D eigenvalue weighted by molar-refractivity contribution is -0.138. The van der Waals surface area contributed by atoms with Gasteiger partial charge in [-0.3, -0.25) is 14.4 Å². The maximum atomic E-state index is 12.3. The summed E-state index contributed by atoms with van der Waals surface area (Å²) in [6.45, 7) is 1.26. The third-order valence-electron chi connectivity index (χ3n) is 3.52. The van der Waals surface area contributed by atoms with Gasteiger partial charge in [0, 0.05) is 12.4 Å². The number of rotatable bonds is 4. The highest BCUT2D eigenvalue weighted by molar-refractivity contribution is 6.03. The van der Waals surface area contributed by atoms with Crippen LogP contribution in [-0.2, 0) is 11.8 Å². The molecular formula is C15H16N2O6. The zero-order chi connectivity index (χ0) is 17.3. The third kappa shape index (κ3) is 2.83. The van der Waals surface area contributed by atoms with Crippen molar-refractivity contribution >= 4 is 22.8 Å². The lowest BCUT2D eigenvalue weighted by Gasteiger charge is -2.14. The highest BCUT2D eigenvalue weighted by Crippen LogP contribution is 2.29. The van der Waals surface area contributed by atoms with Crippen molar-refractivity contribution in [1.82, 2.24) is 9.88 Å². The number of nitrogens with one attached hydrogen (secondary N) is 1. The van der Waals surface area contributed by atoms with Crippen LogP contribution in [0.2, 0.25) is 0 Å². The van der Waals surface area contributed by atoms with Gasteiger partial charge in [0.1, 0.15) is 23.1 Å². The number of aromatic hydroxyl groups is 1. The summed E-state index contributed by atoms with van der Waals surface area (Å²) in [4.78, 5) is 35.3. The third-order valence-corrected chi connectivity index (χ3v) is 3.52. The van der Waals surface area contributed by atoms with Crippen molar-refractivity contribution in [3.05, 3.63) is 34.1 Å². The highest BCUT2D eigenvalue weighted by atomic mass is 16.5. The van der Waals surface area contributed by atoms with E-state index in [0.29, 0.717) is 11.3 Å². The van der Waals surface area contributed by atoms with E-state index in [-0.39, 0.29) is 5.39 Å². The zero-order valence-corrected chi connectivity index (χ0v) is 12.8. The van der Waals surface area contributed by atoms with Gasteiger partial charge < -0.3 is 24.8 Å². The summed E-state index contributed by atoms with van der Waals surface area (Å²) in [6, 6.07) is 3.49. The molecule has 0 aliphatic heterocycles. The minimum absolute atomic E-state index is 0.250. The first-order valence-electron chi connectivity index (χ1n) is 6.71. The summed E-state index contributed by atoms with van der Waals surface area (Å²) >= 11 is 0. The predicted octanol–water partition coefficient (Wildman–Crippen LogP) is 0.456. The average molecular weight is 320 g/mol. The molecule has 1 aromatic carbocycles. The first kappa shape index (κ1) is 16.3. The van der Waals surface area contributed by atoms with Gasteiger partial charge >= 0.3 is 5.97 Å². The molecule has 122 valence electrons. The molecular weight excluding hydrogens is 304 g/mol. The number of benzene rings is 1. The number of carboxylic acid groups (broad SMARTS) is 1. The molecule has 0 radical (unpaired) electrons. The van der Waals surface area contributed by atoms with Gasteiger partial charge in [-0.2, -0.15) is 0 Å². The smallest absolute Gasteiger partial charge is 0.325 e. The number of amides is 1. The van der Waals surface area contributed by atoms with Crippen LogP contribution in [0.25, 0.3) is 10.9 Å². The van der Waals surface area contributed by atoms with Crippen molar-refractivity contribution in [3.63, 3.8) is 0 Å². The number of hydrogen-bond donors (Lipinski definition) is 3. The molecule has 0 spiro atoms. The Balaban J connectivity index is 2.66. The van der Waals surface area contributed by atoms with E-state index in [4.69, 9.17) is 9.84 Å². The minimum atomic E-state index is -1.25. The quantitative estimate of drug-likeness (QED) is 0.753. The predicted molar refractivity (Wildman–Crippen MR) is 82.0 cm³/mol. The molecule has 2 rings (SSSR count). The Morgan fingerprint density at radius 2 is 2.00 bits per heavy atom. The SMILES string of the molecule is COc1ccc2c(c1)c(O)c(C(=O)N[C@@H](C)C(=O)O)c(=O)n2C. The van der Waals surface area contributed by atoms with E-state index in [9.17, 15) is 19.5 Å². The van der Waals surface area contributed by atoms with E-state index in [1.165, 1.54) is 31.7 Å². The molecule has 23 heavy (non-hydrogen) atoms. The van der Waals surface area contributed by atoms with Crippen LogP contribution in [0.4, 0.5) is 0 Å². The van der Waals surface area contributed by atoms with Crippen LogP contribution >= 0.6 is 0 Å². The van der Waals surface area contributed by atoms with E-state index in [1.807, 2.05) is 0 Å². The van der Waals surface area contributed by atoms with Crippen molar-refractivity contribution in [2.24, 2.45) is 7.05 Å². The molecule has 2 aromatic rings. The minimum Gasteiger partial charge on any atom is -0.506 e. The van der Waals surface area contributed by atoms with Crippen molar-refractivity contribution < 1.29 is 24.5 Å². The summed E-state index contributed by atoms with van der Waals surface area (Å²) in [6.07, 6.45) is 0. The Morgan fingerprint density at radius 1 is 1.35 bits per heavy atom. The van der Waals surface area contributed by atoms with Crippen molar-refractivity contribution in [1.29, 1.82) is 0 Å². The van der Waals surface area contributed by atoms with Crippen LogP contribution < -0.4 is 15.6 Å². The zero-order valence-electron chi connectivity index (χ0n) is 12.8.